The molecule has 0 fully saturated rings. The van der Waals surface area contributed by atoms with Crippen LogP contribution in [-0.4, -0.2) is 23.7 Å². The van der Waals surface area contributed by atoms with E-state index >= 15 is 0 Å². The van der Waals surface area contributed by atoms with E-state index in [0.717, 1.165) is 0 Å². The normalized spacial score (nSPS) is 8.77. The van der Waals surface area contributed by atoms with E-state index in [1.165, 1.54) is 6.92 Å². The van der Waals surface area contributed by atoms with Gasteiger partial charge in [-0.25, -0.2) is 4.79 Å². The first-order valence-electron chi connectivity index (χ1n) is 3.34. The molecule has 2 N–H and O–H groups in total. The first kappa shape index (κ1) is 11.6. The van der Waals surface area contributed by atoms with E-state index in [-0.39, 0.29) is 11.5 Å². The fraction of sp³-hybridized carbons (Fsp3) is 0.286. The summed E-state index contributed by atoms with van der Waals surface area (Å²) in [6.45, 7) is 4.74. The van der Waals surface area contributed by atoms with Gasteiger partial charge >= 0.3 is 6.03 Å². The van der Waals surface area contributed by atoms with Crippen molar-refractivity contribution in [1.82, 2.24) is 10.6 Å². The van der Waals surface area contributed by atoms with Gasteiger partial charge in [-0.05, 0) is 6.92 Å². The van der Waals surface area contributed by atoms with Gasteiger partial charge in [0.25, 0.3) is 5.91 Å². The van der Waals surface area contributed by atoms with E-state index in [9.17, 15) is 14.4 Å². The molecule has 5 nitrogen and oxygen atoms in total. The van der Waals surface area contributed by atoms with Crippen LogP contribution in [0.25, 0.3) is 0 Å². The molecule has 0 aromatic rings. The first-order chi connectivity index (χ1) is 5.97. The Hall–Kier alpha value is -1.36. The topological polar surface area (TPSA) is 75.3 Å². The smallest absolute Gasteiger partial charge is 0.277 e. The zero-order valence-corrected chi connectivity index (χ0v) is 7.77. The zero-order valence-electron chi connectivity index (χ0n) is 7.02. The van der Waals surface area contributed by atoms with Gasteiger partial charge in [0.2, 0.25) is 5.91 Å². The molecule has 13 heavy (non-hydrogen) atoms. The second-order valence-corrected chi connectivity index (χ2v) is 2.51. The predicted octanol–water partition coefficient (Wildman–Crippen LogP) is 0.154. The standard InChI is InChI=1S/C7H9ClN2O3/c1-4(2)6(12)10-7(13)9-5(11)3-8/h1,3H2,2H3,(H2,9,10,11,12,13). The second kappa shape index (κ2) is 5.31. The molecular formula is C7H9ClN2O3. The molecule has 0 atom stereocenters. The van der Waals surface area contributed by atoms with Crippen molar-refractivity contribution in [2.45, 2.75) is 6.92 Å². The lowest BCUT2D eigenvalue weighted by molar-refractivity contribution is -0.117. The van der Waals surface area contributed by atoms with Gasteiger partial charge in [0.15, 0.2) is 0 Å². The Labute approximate surface area is 80.1 Å². The number of hydrogen-bond donors (Lipinski definition) is 2. The molecule has 0 aliphatic rings. The summed E-state index contributed by atoms with van der Waals surface area (Å²) >= 11 is 5.10. The first-order valence-corrected chi connectivity index (χ1v) is 3.87. The number of imide groups is 2. The monoisotopic (exact) mass is 204 g/mol. The highest BCUT2D eigenvalue weighted by atomic mass is 35.5. The maximum atomic E-state index is 10.8. The van der Waals surface area contributed by atoms with E-state index in [2.05, 4.69) is 6.58 Å². The summed E-state index contributed by atoms with van der Waals surface area (Å²) in [6, 6.07) is -0.904. The number of amides is 4. The largest absolute Gasteiger partial charge is 0.328 e. The van der Waals surface area contributed by atoms with E-state index in [1.807, 2.05) is 10.6 Å². The highest BCUT2D eigenvalue weighted by Gasteiger charge is 2.09. The number of alkyl halides is 1. The molecule has 0 aromatic carbocycles. The van der Waals surface area contributed by atoms with Crippen molar-refractivity contribution in [3.05, 3.63) is 12.2 Å². The van der Waals surface area contributed by atoms with Crippen molar-refractivity contribution in [2.24, 2.45) is 0 Å². The molecule has 6 heteroatoms. The van der Waals surface area contributed by atoms with Gasteiger partial charge in [-0.3, -0.25) is 20.2 Å². The van der Waals surface area contributed by atoms with Gasteiger partial charge in [-0.15, -0.1) is 11.6 Å². The average molecular weight is 205 g/mol. The van der Waals surface area contributed by atoms with Gasteiger partial charge in [-0.2, -0.15) is 0 Å². The van der Waals surface area contributed by atoms with Gasteiger partial charge in [0.1, 0.15) is 5.88 Å². The summed E-state index contributed by atoms with van der Waals surface area (Å²) in [5.74, 6) is -1.65. The lowest BCUT2D eigenvalue weighted by Gasteiger charge is -2.02. The third-order valence-corrected chi connectivity index (χ3v) is 1.23. The summed E-state index contributed by atoms with van der Waals surface area (Å²) in [6.07, 6.45) is 0. The van der Waals surface area contributed by atoms with Crippen molar-refractivity contribution in [3.8, 4) is 0 Å². The van der Waals surface area contributed by atoms with Crippen LogP contribution < -0.4 is 10.6 Å². The number of rotatable bonds is 2. The van der Waals surface area contributed by atoms with Crippen LogP contribution in [0, 0.1) is 0 Å². The molecule has 0 rings (SSSR count). The number of hydrogen-bond acceptors (Lipinski definition) is 3. The van der Waals surface area contributed by atoms with Crippen LogP contribution in [0.1, 0.15) is 6.92 Å². The van der Waals surface area contributed by atoms with Crippen LogP contribution >= 0.6 is 11.6 Å². The summed E-state index contributed by atoms with van der Waals surface area (Å²) in [5.41, 5.74) is 0.175. The van der Waals surface area contributed by atoms with Gasteiger partial charge in [0.05, 0.1) is 0 Å². The summed E-state index contributed by atoms with van der Waals surface area (Å²) in [4.78, 5) is 32.1. The molecule has 0 heterocycles. The molecule has 0 saturated carbocycles. The van der Waals surface area contributed by atoms with Crippen LogP contribution in [0.2, 0.25) is 0 Å². The number of nitrogens with one attached hydrogen (secondary N) is 2. The minimum Gasteiger partial charge on any atom is -0.277 e. The molecule has 0 unspecified atom stereocenters. The van der Waals surface area contributed by atoms with E-state index in [4.69, 9.17) is 11.6 Å². The molecule has 4 amide bonds. The molecule has 72 valence electrons. The number of urea groups is 1. The highest BCUT2D eigenvalue weighted by Crippen LogP contribution is 1.84. The predicted molar refractivity (Wildman–Crippen MR) is 47.2 cm³/mol. The molecule has 0 spiro atoms. The van der Waals surface area contributed by atoms with Crippen LogP contribution in [0.5, 0.6) is 0 Å². The Kier molecular flexibility index (Phi) is 4.76. The molecule has 0 saturated heterocycles. The van der Waals surface area contributed by atoms with E-state index in [1.54, 1.807) is 0 Å². The molecule has 0 aliphatic carbocycles. The van der Waals surface area contributed by atoms with Crippen molar-refractivity contribution < 1.29 is 14.4 Å². The number of carbonyl (C=O) groups is 3. The van der Waals surface area contributed by atoms with E-state index in [0.29, 0.717) is 0 Å². The van der Waals surface area contributed by atoms with Crippen molar-refractivity contribution in [3.63, 3.8) is 0 Å². The quantitative estimate of drug-likeness (QED) is 0.497. The molecule has 0 aromatic heterocycles. The Morgan fingerprint density at radius 3 is 2.23 bits per heavy atom. The Balaban J connectivity index is 3.95. The lowest BCUT2D eigenvalue weighted by atomic mass is 10.3. The van der Waals surface area contributed by atoms with Crippen LogP contribution in [0.3, 0.4) is 0 Å². The third kappa shape index (κ3) is 4.97. The third-order valence-electron chi connectivity index (χ3n) is 0.989. The minimum atomic E-state index is -0.904. The SMILES string of the molecule is C=C(C)C(=O)NC(=O)NC(=O)CCl. The molecular weight excluding hydrogens is 196 g/mol. The number of halogens is 1. The maximum Gasteiger partial charge on any atom is 0.328 e. The fourth-order valence-electron chi connectivity index (χ4n) is 0.401. The fourth-order valence-corrected chi connectivity index (χ4v) is 0.468. The summed E-state index contributed by atoms with van der Waals surface area (Å²) < 4.78 is 0. The summed E-state index contributed by atoms with van der Waals surface area (Å²) in [5, 5.41) is 3.71. The van der Waals surface area contributed by atoms with Crippen molar-refractivity contribution in [1.29, 1.82) is 0 Å². The highest BCUT2D eigenvalue weighted by molar-refractivity contribution is 6.28. The average Bonchev–Trinajstić information content (AvgIpc) is 2.03. The maximum absolute atomic E-state index is 10.8. The summed E-state index contributed by atoms with van der Waals surface area (Å²) in [7, 11) is 0. The zero-order chi connectivity index (χ0) is 10.4. The second-order valence-electron chi connectivity index (χ2n) is 2.25. The van der Waals surface area contributed by atoms with Gasteiger partial charge in [-0.1, -0.05) is 6.58 Å². The van der Waals surface area contributed by atoms with Gasteiger partial charge in [0, 0.05) is 5.57 Å². The molecule has 0 radical (unpaired) electrons. The lowest BCUT2D eigenvalue weighted by Crippen LogP contribution is -2.43. The van der Waals surface area contributed by atoms with Gasteiger partial charge < -0.3 is 0 Å². The Bertz CT molecular complexity index is 262. The van der Waals surface area contributed by atoms with Crippen LogP contribution in [-0.2, 0) is 9.59 Å². The van der Waals surface area contributed by atoms with Crippen LogP contribution in [0.4, 0.5) is 4.79 Å². The molecule has 0 bridgehead atoms. The van der Waals surface area contributed by atoms with Crippen molar-refractivity contribution in [2.75, 3.05) is 5.88 Å². The van der Waals surface area contributed by atoms with Crippen LogP contribution in [0.15, 0.2) is 12.2 Å². The Morgan fingerprint density at radius 1 is 1.31 bits per heavy atom. The minimum absolute atomic E-state index is 0.175. The Morgan fingerprint density at radius 2 is 1.85 bits per heavy atom. The van der Waals surface area contributed by atoms with Crippen molar-refractivity contribution >= 4 is 29.4 Å². The number of carbonyl (C=O) groups excluding carboxylic acids is 3. The molecule has 0 aliphatic heterocycles. The van der Waals surface area contributed by atoms with E-state index < -0.39 is 17.8 Å².